The molecule has 0 heterocycles. The largest absolute Gasteiger partial charge is 0.478 e. The smallest absolute Gasteiger partial charge is 0.333 e. The second-order valence-electron chi connectivity index (χ2n) is 2.68. The van der Waals surface area contributed by atoms with Crippen molar-refractivity contribution in [2.24, 2.45) is 0 Å². The quantitative estimate of drug-likeness (QED) is 0.385. The first kappa shape index (κ1) is 13.4. The second kappa shape index (κ2) is 7.75. The lowest BCUT2D eigenvalue weighted by Crippen LogP contribution is -2.11. The first-order valence-corrected chi connectivity index (χ1v) is 4.31. The zero-order chi connectivity index (χ0) is 11.7. The lowest BCUT2D eigenvalue weighted by Gasteiger charge is -2.04. The average Bonchev–Trinajstić information content (AvgIpc) is 2.17. The van der Waals surface area contributed by atoms with Crippen LogP contribution in [-0.4, -0.2) is 37.4 Å². The number of allylic oxidation sites excluding steroid dienone is 1. The lowest BCUT2D eigenvalue weighted by molar-refractivity contribution is -0.140. The minimum atomic E-state index is -1.06. The van der Waals surface area contributed by atoms with Gasteiger partial charge in [0.2, 0.25) is 0 Å². The molecular formula is C10H14O5. The van der Waals surface area contributed by atoms with E-state index in [9.17, 15) is 9.59 Å². The summed E-state index contributed by atoms with van der Waals surface area (Å²) in [5, 5.41) is 8.29. The molecule has 0 unspecified atom stereocenters. The third kappa shape index (κ3) is 7.45. The summed E-state index contributed by atoms with van der Waals surface area (Å²) in [5.74, 6) is -1.60. The Hall–Kier alpha value is -1.62. The maximum atomic E-state index is 11.1. The van der Waals surface area contributed by atoms with Gasteiger partial charge < -0.3 is 14.6 Å². The first-order chi connectivity index (χ1) is 7.07. The summed E-state index contributed by atoms with van der Waals surface area (Å²) in [6, 6.07) is 0. The fourth-order valence-electron chi connectivity index (χ4n) is 0.705. The normalized spacial score (nSPS) is 10.2. The van der Waals surface area contributed by atoms with Crippen molar-refractivity contribution in [2.45, 2.75) is 6.42 Å². The van der Waals surface area contributed by atoms with Crippen LogP contribution in [0.1, 0.15) is 6.42 Å². The van der Waals surface area contributed by atoms with Crippen LogP contribution in [0.2, 0.25) is 0 Å². The van der Waals surface area contributed by atoms with Crippen molar-refractivity contribution in [3.8, 4) is 0 Å². The van der Waals surface area contributed by atoms with Gasteiger partial charge in [-0.2, -0.15) is 0 Å². The molecule has 0 bridgehead atoms. The van der Waals surface area contributed by atoms with E-state index in [2.05, 4.69) is 11.3 Å². The highest BCUT2D eigenvalue weighted by atomic mass is 16.6. The number of carboxylic acid groups (broad SMARTS) is 1. The predicted molar refractivity (Wildman–Crippen MR) is 53.4 cm³/mol. The summed E-state index contributed by atoms with van der Waals surface area (Å²) >= 11 is 0. The summed E-state index contributed by atoms with van der Waals surface area (Å²) in [5.41, 5.74) is 0.212. The van der Waals surface area contributed by atoms with E-state index in [1.165, 1.54) is 13.2 Å². The average molecular weight is 214 g/mol. The summed E-state index contributed by atoms with van der Waals surface area (Å²) in [6.07, 6.45) is 2.45. The van der Waals surface area contributed by atoms with E-state index in [0.717, 1.165) is 6.08 Å². The second-order valence-corrected chi connectivity index (χ2v) is 2.68. The van der Waals surface area contributed by atoms with E-state index < -0.39 is 11.9 Å². The molecule has 5 nitrogen and oxygen atoms in total. The van der Waals surface area contributed by atoms with Crippen LogP contribution in [0.4, 0.5) is 0 Å². The molecule has 0 spiro atoms. The molecule has 0 saturated heterocycles. The van der Waals surface area contributed by atoms with E-state index in [1.54, 1.807) is 0 Å². The number of esters is 1. The zero-order valence-electron chi connectivity index (χ0n) is 8.56. The van der Waals surface area contributed by atoms with E-state index in [0.29, 0.717) is 6.61 Å². The number of ether oxygens (including phenoxy) is 2. The molecule has 0 amide bonds. The minimum absolute atomic E-state index is 0.164. The standard InChI is InChI=1S/C10H14O5/c1-8(4-3-5-9(11)12)10(13)15-7-6-14-2/h3,5H,1,4,6-7H2,2H3,(H,11,12). The maximum Gasteiger partial charge on any atom is 0.333 e. The van der Waals surface area contributed by atoms with E-state index in [4.69, 9.17) is 9.84 Å². The first-order valence-electron chi connectivity index (χ1n) is 4.31. The number of methoxy groups -OCH3 is 1. The van der Waals surface area contributed by atoms with Crippen molar-refractivity contribution in [1.29, 1.82) is 0 Å². The fraction of sp³-hybridized carbons (Fsp3) is 0.400. The van der Waals surface area contributed by atoms with Gasteiger partial charge in [0.15, 0.2) is 0 Å². The summed E-state index contributed by atoms with van der Waals surface area (Å²) < 4.78 is 9.44. The molecule has 1 N–H and O–H groups in total. The molecule has 0 radical (unpaired) electrons. The van der Waals surface area contributed by atoms with Crippen LogP contribution in [0.15, 0.2) is 24.3 Å². The zero-order valence-corrected chi connectivity index (χ0v) is 8.56. The third-order valence-corrected chi connectivity index (χ3v) is 1.43. The van der Waals surface area contributed by atoms with Gasteiger partial charge >= 0.3 is 11.9 Å². The maximum absolute atomic E-state index is 11.1. The SMILES string of the molecule is C=C(CC=CC(=O)O)C(=O)OCCOC. The van der Waals surface area contributed by atoms with Gasteiger partial charge in [0, 0.05) is 18.8 Å². The van der Waals surface area contributed by atoms with Gasteiger partial charge in [0.25, 0.3) is 0 Å². The molecule has 0 aromatic heterocycles. The van der Waals surface area contributed by atoms with E-state index in [-0.39, 0.29) is 18.6 Å². The molecule has 0 fully saturated rings. The third-order valence-electron chi connectivity index (χ3n) is 1.43. The van der Waals surface area contributed by atoms with Crippen molar-refractivity contribution in [3.63, 3.8) is 0 Å². The molecule has 15 heavy (non-hydrogen) atoms. The van der Waals surface area contributed by atoms with E-state index >= 15 is 0 Å². The van der Waals surface area contributed by atoms with Crippen LogP contribution in [0, 0.1) is 0 Å². The van der Waals surface area contributed by atoms with Crippen LogP contribution in [0.5, 0.6) is 0 Å². The molecule has 0 aromatic carbocycles. The predicted octanol–water partition coefficient (Wildman–Crippen LogP) is 0.763. The molecule has 5 heteroatoms. The summed E-state index contributed by atoms with van der Waals surface area (Å²) in [4.78, 5) is 21.2. The van der Waals surface area contributed by atoms with Crippen LogP contribution in [-0.2, 0) is 19.1 Å². The van der Waals surface area contributed by atoms with Crippen LogP contribution >= 0.6 is 0 Å². The Labute approximate surface area is 88.0 Å². The van der Waals surface area contributed by atoms with Gasteiger partial charge in [0.05, 0.1) is 6.61 Å². The van der Waals surface area contributed by atoms with Crippen LogP contribution < -0.4 is 0 Å². The Morgan fingerprint density at radius 3 is 2.60 bits per heavy atom. The molecule has 0 atom stereocenters. The summed E-state index contributed by atoms with van der Waals surface area (Å²) in [6.45, 7) is 3.96. The molecule has 0 rings (SSSR count). The van der Waals surface area contributed by atoms with Crippen LogP contribution in [0.25, 0.3) is 0 Å². The number of carbonyl (C=O) groups is 2. The number of aliphatic carboxylic acids is 1. The summed E-state index contributed by atoms with van der Waals surface area (Å²) in [7, 11) is 1.50. The van der Waals surface area contributed by atoms with Crippen molar-refractivity contribution in [2.75, 3.05) is 20.3 Å². The van der Waals surface area contributed by atoms with Gasteiger partial charge in [-0.25, -0.2) is 9.59 Å². The topological polar surface area (TPSA) is 72.8 Å². The fourth-order valence-corrected chi connectivity index (χ4v) is 0.705. The van der Waals surface area contributed by atoms with Crippen molar-refractivity contribution < 1.29 is 24.2 Å². The molecule has 0 aliphatic heterocycles. The van der Waals surface area contributed by atoms with Gasteiger partial charge in [0.1, 0.15) is 6.61 Å². The molecule has 84 valence electrons. The highest BCUT2D eigenvalue weighted by Gasteiger charge is 2.06. The monoisotopic (exact) mass is 214 g/mol. The van der Waals surface area contributed by atoms with Crippen molar-refractivity contribution >= 4 is 11.9 Å². The molecular weight excluding hydrogens is 200 g/mol. The molecule has 0 saturated carbocycles. The Morgan fingerprint density at radius 1 is 1.40 bits per heavy atom. The van der Waals surface area contributed by atoms with Crippen molar-refractivity contribution in [3.05, 3.63) is 24.3 Å². The molecule has 0 aromatic rings. The van der Waals surface area contributed by atoms with Gasteiger partial charge in [-0.3, -0.25) is 0 Å². The number of hydrogen-bond donors (Lipinski definition) is 1. The Bertz CT molecular complexity index is 267. The van der Waals surface area contributed by atoms with Gasteiger partial charge in [-0.05, 0) is 6.42 Å². The lowest BCUT2D eigenvalue weighted by atomic mass is 10.2. The Morgan fingerprint density at radius 2 is 2.07 bits per heavy atom. The van der Waals surface area contributed by atoms with Gasteiger partial charge in [-0.15, -0.1) is 0 Å². The Balaban J connectivity index is 3.79. The number of rotatable bonds is 7. The van der Waals surface area contributed by atoms with E-state index in [1.807, 2.05) is 0 Å². The molecule has 0 aliphatic rings. The highest BCUT2D eigenvalue weighted by molar-refractivity contribution is 5.88. The highest BCUT2D eigenvalue weighted by Crippen LogP contribution is 2.02. The molecule has 0 aliphatic carbocycles. The van der Waals surface area contributed by atoms with Gasteiger partial charge in [-0.1, -0.05) is 12.7 Å². The van der Waals surface area contributed by atoms with Crippen LogP contribution in [0.3, 0.4) is 0 Å². The number of carbonyl (C=O) groups excluding carboxylic acids is 1. The number of hydrogen-bond acceptors (Lipinski definition) is 4. The van der Waals surface area contributed by atoms with Crippen molar-refractivity contribution in [1.82, 2.24) is 0 Å². The minimum Gasteiger partial charge on any atom is -0.478 e. The number of carboxylic acids is 1. The Kier molecular flexibility index (Phi) is 6.92.